The minimum absolute atomic E-state index is 0.0429. The van der Waals surface area contributed by atoms with Crippen LogP contribution < -0.4 is 15.1 Å². The third-order valence-corrected chi connectivity index (χ3v) is 5.18. The zero-order valence-electron chi connectivity index (χ0n) is 18.2. The second-order valence-corrected chi connectivity index (χ2v) is 7.60. The Morgan fingerprint density at radius 3 is 2.37 bits per heavy atom. The Hall–Kier alpha value is -4.99. The summed E-state index contributed by atoms with van der Waals surface area (Å²) >= 11 is 0. The molecule has 0 saturated heterocycles. The van der Waals surface area contributed by atoms with Gasteiger partial charge in [-0.3, -0.25) is 10.1 Å². The third kappa shape index (κ3) is 5.17. The van der Waals surface area contributed by atoms with Gasteiger partial charge in [-0.2, -0.15) is 0 Å². The van der Waals surface area contributed by atoms with Gasteiger partial charge in [0.1, 0.15) is 36.0 Å². The van der Waals surface area contributed by atoms with Crippen molar-refractivity contribution >= 4 is 16.7 Å². The first-order chi connectivity index (χ1) is 17.0. The number of benzene rings is 3. The summed E-state index contributed by atoms with van der Waals surface area (Å²) in [5.41, 5.74) is 2.32. The highest BCUT2D eigenvalue weighted by molar-refractivity contribution is 5.77. The number of hydrogen-bond donors (Lipinski definition) is 0. The van der Waals surface area contributed by atoms with Crippen LogP contribution in [0.15, 0.2) is 94.3 Å². The van der Waals surface area contributed by atoms with E-state index in [1.807, 2.05) is 18.2 Å². The van der Waals surface area contributed by atoms with Crippen molar-refractivity contribution in [2.45, 2.75) is 13.2 Å². The molecule has 0 fully saturated rings. The molecule has 0 N–H and O–H groups in total. The number of nitrogens with zero attached hydrogens (tertiary/aromatic N) is 4. The number of ether oxygens (including phenoxy) is 2. The lowest BCUT2D eigenvalue weighted by atomic mass is 10.2. The molecule has 2 aromatic heterocycles. The van der Waals surface area contributed by atoms with Gasteiger partial charge in [0, 0.05) is 29.7 Å². The molecule has 0 bridgehead atoms. The van der Waals surface area contributed by atoms with Crippen LogP contribution in [0.4, 0.5) is 5.69 Å². The van der Waals surface area contributed by atoms with Gasteiger partial charge in [0.25, 0.3) is 5.69 Å². The van der Waals surface area contributed by atoms with Gasteiger partial charge >= 0.3 is 5.63 Å². The van der Waals surface area contributed by atoms with Crippen LogP contribution in [0.25, 0.3) is 16.7 Å². The maximum absolute atomic E-state index is 11.4. The van der Waals surface area contributed by atoms with E-state index < -0.39 is 10.5 Å². The average Bonchev–Trinajstić information content (AvgIpc) is 3.35. The first-order valence-corrected chi connectivity index (χ1v) is 10.6. The van der Waals surface area contributed by atoms with E-state index in [9.17, 15) is 14.9 Å². The molecule has 0 aliphatic heterocycles. The van der Waals surface area contributed by atoms with Crippen molar-refractivity contribution in [1.82, 2.24) is 15.0 Å². The van der Waals surface area contributed by atoms with Crippen LogP contribution in [0.3, 0.4) is 0 Å². The Morgan fingerprint density at radius 1 is 0.886 bits per heavy atom. The smallest absolute Gasteiger partial charge is 0.336 e. The standard InChI is InChI=1S/C25H18N4O6/c30-25-12-4-18-3-9-23(13-24(18)35-25)34-16-19-14-28(27-26-19)20-7-10-22(11-8-20)33-15-17-1-5-21(6-2-17)29(31)32/h1-14H,15-16H2. The van der Waals surface area contributed by atoms with Gasteiger partial charge in [0.15, 0.2) is 0 Å². The monoisotopic (exact) mass is 470 g/mol. The topological polar surface area (TPSA) is 123 Å². The van der Waals surface area contributed by atoms with E-state index in [1.165, 1.54) is 18.2 Å². The molecule has 0 aliphatic carbocycles. The van der Waals surface area contributed by atoms with Gasteiger partial charge in [-0.25, -0.2) is 9.48 Å². The maximum atomic E-state index is 11.4. The fourth-order valence-electron chi connectivity index (χ4n) is 3.35. The van der Waals surface area contributed by atoms with Crippen molar-refractivity contribution in [3.63, 3.8) is 0 Å². The number of hydrogen-bond acceptors (Lipinski definition) is 8. The quantitative estimate of drug-likeness (QED) is 0.185. The zero-order chi connectivity index (χ0) is 24.2. The third-order valence-electron chi connectivity index (χ3n) is 5.18. The fraction of sp³-hybridized carbons (Fsp3) is 0.0800. The van der Waals surface area contributed by atoms with Crippen LogP contribution in [0.1, 0.15) is 11.3 Å². The Kier molecular flexibility index (Phi) is 5.91. The molecule has 10 heteroatoms. The first-order valence-electron chi connectivity index (χ1n) is 10.6. The predicted octanol–water partition coefficient (Wildman–Crippen LogP) is 4.44. The number of rotatable bonds is 8. The summed E-state index contributed by atoms with van der Waals surface area (Å²) in [5.74, 6) is 1.20. The SMILES string of the molecule is O=c1ccc2ccc(OCc3cn(-c4ccc(OCc5ccc([N+](=O)[O-])cc5)cc4)nn3)cc2o1. The van der Waals surface area contributed by atoms with Crippen LogP contribution in [0.5, 0.6) is 11.5 Å². The Morgan fingerprint density at radius 2 is 1.60 bits per heavy atom. The number of fused-ring (bicyclic) bond motifs is 1. The normalized spacial score (nSPS) is 10.9. The van der Waals surface area contributed by atoms with Crippen molar-refractivity contribution < 1.29 is 18.8 Å². The van der Waals surface area contributed by atoms with Crippen molar-refractivity contribution in [3.05, 3.63) is 117 Å². The molecule has 10 nitrogen and oxygen atoms in total. The van der Waals surface area contributed by atoms with Crippen molar-refractivity contribution in [1.29, 1.82) is 0 Å². The Balaban J connectivity index is 1.18. The van der Waals surface area contributed by atoms with E-state index >= 15 is 0 Å². The van der Waals surface area contributed by atoms with Crippen molar-refractivity contribution in [2.75, 3.05) is 0 Å². The van der Waals surface area contributed by atoms with E-state index in [-0.39, 0.29) is 12.3 Å². The second-order valence-electron chi connectivity index (χ2n) is 7.60. The highest BCUT2D eigenvalue weighted by Gasteiger charge is 2.07. The highest BCUT2D eigenvalue weighted by Crippen LogP contribution is 2.21. The van der Waals surface area contributed by atoms with Gasteiger partial charge in [-0.1, -0.05) is 5.21 Å². The molecule has 0 spiro atoms. The van der Waals surface area contributed by atoms with E-state index in [2.05, 4.69) is 10.3 Å². The molecule has 3 aromatic carbocycles. The molecule has 0 atom stereocenters. The summed E-state index contributed by atoms with van der Waals surface area (Å²) in [6.07, 6.45) is 1.76. The van der Waals surface area contributed by atoms with E-state index in [4.69, 9.17) is 13.9 Å². The van der Waals surface area contributed by atoms with Crippen LogP contribution in [-0.4, -0.2) is 19.9 Å². The number of non-ortho nitro benzene ring substituents is 1. The van der Waals surface area contributed by atoms with Gasteiger partial charge in [-0.15, -0.1) is 5.10 Å². The van der Waals surface area contributed by atoms with E-state index in [0.717, 1.165) is 16.6 Å². The molecular weight excluding hydrogens is 452 g/mol. The number of aromatic nitrogens is 3. The summed E-state index contributed by atoms with van der Waals surface area (Å²) in [7, 11) is 0. The van der Waals surface area contributed by atoms with Gasteiger partial charge < -0.3 is 13.9 Å². The number of nitro benzene ring substituents is 1. The summed E-state index contributed by atoms with van der Waals surface area (Å²) in [5, 5.41) is 19.8. The molecule has 2 heterocycles. The van der Waals surface area contributed by atoms with E-state index in [0.29, 0.717) is 29.4 Å². The summed E-state index contributed by atoms with van der Waals surface area (Å²) < 4.78 is 18.3. The fourth-order valence-corrected chi connectivity index (χ4v) is 3.35. The predicted molar refractivity (Wildman–Crippen MR) is 126 cm³/mol. The van der Waals surface area contributed by atoms with Crippen molar-refractivity contribution in [3.8, 4) is 17.2 Å². The molecule has 0 aliphatic rings. The van der Waals surface area contributed by atoms with Crippen LogP contribution >= 0.6 is 0 Å². The van der Waals surface area contributed by atoms with Crippen LogP contribution in [0.2, 0.25) is 0 Å². The van der Waals surface area contributed by atoms with Crippen molar-refractivity contribution in [2.24, 2.45) is 0 Å². The lowest BCUT2D eigenvalue weighted by Crippen LogP contribution is -1.98. The second kappa shape index (κ2) is 9.48. The summed E-state index contributed by atoms with van der Waals surface area (Å²) in [6.45, 7) is 0.485. The highest BCUT2D eigenvalue weighted by atomic mass is 16.6. The largest absolute Gasteiger partial charge is 0.489 e. The van der Waals surface area contributed by atoms with Gasteiger partial charge in [-0.05, 0) is 60.2 Å². The van der Waals surface area contributed by atoms with Gasteiger partial charge in [0.05, 0.1) is 16.8 Å². The molecule has 0 saturated carbocycles. The van der Waals surface area contributed by atoms with Crippen LogP contribution in [-0.2, 0) is 13.2 Å². The summed E-state index contributed by atoms with van der Waals surface area (Å²) in [4.78, 5) is 21.7. The molecule has 5 aromatic rings. The molecule has 0 radical (unpaired) electrons. The minimum Gasteiger partial charge on any atom is -0.489 e. The molecule has 0 unspecified atom stereocenters. The number of nitro groups is 1. The minimum atomic E-state index is -0.435. The molecular formula is C25H18N4O6. The lowest BCUT2D eigenvalue weighted by molar-refractivity contribution is -0.384. The average molecular weight is 470 g/mol. The zero-order valence-corrected chi connectivity index (χ0v) is 18.2. The Labute approximate surface area is 198 Å². The molecule has 5 rings (SSSR count). The lowest BCUT2D eigenvalue weighted by Gasteiger charge is -2.07. The Bertz CT molecular complexity index is 1540. The molecule has 35 heavy (non-hydrogen) atoms. The van der Waals surface area contributed by atoms with Crippen LogP contribution in [0, 0.1) is 10.1 Å². The molecule has 174 valence electrons. The maximum Gasteiger partial charge on any atom is 0.336 e. The van der Waals surface area contributed by atoms with Gasteiger partial charge in [0.2, 0.25) is 0 Å². The molecule has 0 amide bonds. The van der Waals surface area contributed by atoms with E-state index in [1.54, 1.807) is 53.3 Å². The first kappa shape index (κ1) is 21.8. The summed E-state index contributed by atoms with van der Waals surface area (Å²) in [6, 6.07) is 21.9.